The lowest BCUT2D eigenvalue weighted by Crippen LogP contribution is -2.39. The first-order chi connectivity index (χ1) is 8.01. The second-order valence-corrected chi connectivity index (χ2v) is 4.39. The van der Waals surface area contributed by atoms with Crippen LogP contribution >= 0.6 is 11.3 Å². The Labute approximate surface area is 102 Å². The maximum absolute atomic E-state index is 10.8. The Morgan fingerprint density at radius 3 is 2.29 bits per heavy atom. The summed E-state index contributed by atoms with van der Waals surface area (Å²) in [5.41, 5.74) is 10.2. The molecule has 0 unspecified atom stereocenters. The lowest BCUT2D eigenvalue weighted by Gasteiger charge is -2.16. The molecule has 2 amide bonds. The molecule has 0 aromatic carbocycles. The van der Waals surface area contributed by atoms with E-state index < -0.39 is 11.8 Å². The van der Waals surface area contributed by atoms with Gasteiger partial charge >= 0.3 is 0 Å². The normalized spacial score (nSPS) is 10.5. The van der Waals surface area contributed by atoms with Crippen LogP contribution in [0.15, 0.2) is 0 Å². The van der Waals surface area contributed by atoms with E-state index in [9.17, 15) is 9.59 Å². The van der Waals surface area contributed by atoms with Crippen LogP contribution < -0.4 is 16.8 Å². The lowest BCUT2D eigenvalue weighted by molar-refractivity contribution is -0.122. The first-order valence-corrected chi connectivity index (χ1v) is 5.62. The summed E-state index contributed by atoms with van der Waals surface area (Å²) in [6.07, 6.45) is 0. The number of primary amides is 2. The quantitative estimate of drug-likeness (QED) is 0.538. The van der Waals surface area contributed by atoms with Gasteiger partial charge in [-0.15, -0.1) is 10.2 Å². The van der Waals surface area contributed by atoms with Gasteiger partial charge in [0.25, 0.3) is 0 Å². The van der Waals surface area contributed by atoms with E-state index in [0.29, 0.717) is 16.7 Å². The van der Waals surface area contributed by atoms with E-state index in [-0.39, 0.29) is 13.1 Å². The van der Waals surface area contributed by atoms with Crippen LogP contribution in [-0.2, 0) is 16.1 Å². The van der Waals surface area contributed by atoms with Gasteiger partial charge in [-0.25, -0.2) is 0 Å². The van der Waals surface area contributed by atoms with Gasteiger partial charge in [0.15, 0.2) is 0 Å². The molecule has 0 aliphatic rings. The predicted molar refractivity (Wildman–Crippen MR) is 63.1 cm³/mol. The molecule has 0 aliphatic heterocycles. The minimum absolute atomic E-state index is 0.0442. The summed E-state index contributed by atoms with van der Waals surface area (Å²) >= 11 is 1.34. The summed E-state index contributed by atoms with van der Waals surface area (Å²) in [5.74, 6) is -1.05. The summed E-state index contributed by atoms with van der Waals surface area (Å²) in [6, 6.07) is 0. The third-order valence-corrected chi connectivity index (χ3v) is 2.72. The highest BCUT2D eigenvalue weighted by Gasteiger charge is 2.14. The van der Waals surface area contributed by atoms with Gasteiger partial charge in [-0.3, -0.25) is 14.5 Å². The largest absolute Gasteiger partial charge is 0.369 e. The minimum atomic E-state index is -0.524. The topological polar surface area (TPSA) is 127 Å². The summed E-state index contributed by atoms with van der Waals surface area (Å²) in [7, 11) is 1.73. The zero-order chi connectivity index (χ0) is 12.8. The standard InChI is InChI=1S/C8H14N6O2S/c1-11-8-13-12-7(17-8)4-14(2-5(9)15)3-6(10)16/h2-4H2,1H3,(H2,9,15)(H2,10,16)(H,11,13). The second-order valence-electron chi connectivity index (χ2n) is 3.33. The van der Waals surface area contributed by atoms with Crippen molar-refractivity contribution in [2.75, 3.05) is 25.5 Å². The Morgan fingerprint density at radius 2 is 1.88 bits per heavy atom. The molecular weight excluding hydrogens is 244 g/mol. The molecule has 0 aliphatic carbocycles. The fraction of sp³-hybridized carbons (Fsp3) is 0.500. The number of hydrogen-bond acceptors (Lipinski definition) is 7. The maximum atomic E-state index is 10.8. The van der Waals surface area contributed by atoms with Gasteiger partial charge in [0.05, 0.1) is 19.6 Å². The molecule has 0 bridgehead atoms. The average Bonchev–Trinajstić information content (AvgIpc) is 2.63. The third kappa shape index (κ3) is 4.74. The number of nitrogens with one attached hydrogen (secondary N) is 1. The Bertz CT molecular complexity index is 390. The number of nitrogens with two attached hydrogens (primary N) is 2. The number of nitrogens with zero attached hydrogens (tertiary/aromatic N) is 3. The zero-order valence-electron chi connectivity index (χ0n) is 9.34. The van der Waals surface area contributed by atoms with Crippen molar-refractivity contribution in [3.8, 4) is 0 Å². The molecule has 0 saturated carbocycles. The van der Waals surface area contributed by atoms with Crippen molar-refractivity contribution in [1.29, 1.82) is 0 Å². The van der Waals surface area contributed by atoms with Crippen molar-refractivity contribution >= 4 is 28.3 Å². The molecule has 0 saturated heterocycles. The van der Waals surface area contributed by atoms with E-state index in [1.807, 2.05) is 0 Å². The summed E-state index contributed by atoms with van der Waals surface area (Å²) in [5, 5.41) is 11.9. The highest BCUT2D eigenvalue weighted by Crippen LogP contribution is 2.15. The van der Waals surface area contributed by atoms with Gasteiger partial charge in [-0.1, -0.05) is 11.3 Å². The molecule has 5 N–H and O–H groups in total. The van der Waals surface area contributed by atoms with Crippen molar-refractivity contribution in [2.45, 2.75) is 6.54 Å². The lowest BCUT2D eigenvalue weighted by atomic mass is 10.4. The van der Waals surface area contributed by atoms with Crippen LogP contribution in [0, 0.1) is 0 Å². The van der Waals surface area contributed by atoms with Crippen molar-refractivity contribution in [3.63, 3.8) is 0 Å². The summed E-state index contributed by atoms with van der Waals surface area (Å²) < 4.78 is 0. The summed E-state index contributed by atoms with van der Waals surface area (Å²) in [6.45, 7) is 0.222. The van der Waals surface area contributed by atoms with E-state index in [1.165, 1.54) is 16.2 Å². The SMILES string of the molecule is CNc1nnc(CN(CC(N)=O)CC(N)=O)s1. The number of carbonyl (C=O) groups excluding carboxylic acids is 2. The fourth-order valence-electron chi connectivity index (χ4n) is 1.22. The molecule has 9 heteroatoms. The predicted octanol–water partition coefficient (Wildman–Crippen LogP) is -1.65. The van der Waals surface area contributed by atoms with E-state index in [0.717, 1.165) is 0 Å². The van der Waals surface area contributed by atoms with E-state index in [2.05, 4.69) is 15.5 Å². The fourth-order valence-corrected chi connectivity index (χ4v) is 1.95. The van der Waals surface area contributed by atoms with Gasteiger partial charge in [0.2, 0.25) is 16.9 Å². The monoisotopic (exact) mass is 258 g/mol. The molecule has 0 spiro atoms. The number of hydrogen-bond donors (Lipinski definition) is 3. The van der Waals surface area contributed by atoms with E-state index in [4.69, 9.17) is 11.5 Å². The summed E-state index contributed by atoms with van der Waals surface area (Å²) in [4.78, 5) is 23.2. The highest BCUT2D eigenvalue weighted by atomic mass is 32.1. The average molecular weight is 258 g/mol. The van der Waals surface area contributed by atoms with Gasteiger partial charge in [0, 0.05) is 7.05 Å². The van der Waals surface area contributed by atoms with E-state index >= 15 is 0 Å². The van der Waals surface area contributed by atoms with Gasteiger partial charge < -0.3 is 16.8 Å². The smallest absolute Gasteiger partial charge is 0.231 e. The van der Waals surface area contributed by atoms with Crippen LogP contribution in [0.5, 0.6) is 0 Å². The van der Waals surface area contributed by atoms with Crippen LogP contribution in [0.4, 0.5) is 5.13 Å². The van der Waals surface area contributed by atoms with E-state index in [1.54, 1.807) is 7.05 Å². The van der Waals surface area contributed by atoms with Gasteiger partial charge in [0.1, 0.15) is 5.01 Å². The maximum Gasteiger partial charge on any atom is 0.231 e. The number of anilines is 1. The Morgan fingerprint density at radius 1 is 1.29 bits per heavy atom. The van der Waals surface area contributed by atoms with Crippen LogP contribution in [0.3, 0.4) is 0 Å². The van der Waals surface area contributed by atoms with Crippen molar-refractivity contribution < 1.29 is 9.59 Å². The van der Waals surface area contributed by atoms with Crippen molar-refractivity contribution in [1.82, 2.24) is 15.1 Å². The number of aromatic nitrogens is 2. The molecule has 1 rings (SSSR count). The molecule has 0 atom stereocenters. The van der Waals surface area contributed by atoms with Crippen LogP contribution in [-0.4, -0.2) is 47.0 Å². The Hall–Kier alpha value is -1.74. The minimum Gasteiger partial charge on any atom is -0.369 e. The zero-order valence-corrected chi connectivity index (χ0v) is 10.2. The van der Waals surface area contributed by atoms with Gasteiger partial charge in [-0.2, -0.15) is 0 Å². The number of amides is 2. The Balaban J connectivity index is 2.64. The molecule has 0 radical (unpaired) electrons. The van der Waals surface area contributed by atoms with Crippen LogP contribution in [0.25, 0.3) is 0 Å². The number of carbonyl (C=O) groups is 2. The first-order valence-electron chi connectivity index (χ1n) is 4.80. The first kappa shape index (κ1) is 13.3. The molecule has 1 aromatic heterocycles. The molecule has 17 heavy (non-hydrogen) atoms. The molecular formula is C8H14N6O2S. The Kier molecular flexibility index (Phi) is 4.79. The molecule has 1 heterocycles. The van der Waals surface area contributed by atoms with Crippen molar-refractivity contribution in [2.24, 2.45) is 11.5 Å². The third-order valence-electron chi connectivity index (χ3n) is 1.80. The van der Waals surface area contributed by atoms with Crippen LogP contribution in [0.2, 0.25) is 0 Å². The van der Waals surface area contributed by atoms with Crippen LogP contribution in [0.1, 0.15) is 5.01 Å². The second kappa shape index (κ2) is 6.11. The molecule has 1 aromatic rings. The van der Waals surface area contributed by atoms with Gasteiger partial charge in [-0.05, 0) is 0 Å². The molecule has 8 nitrogen and oxygen atoms in total. The molecule has 94 valence electrons. The highest BCUT2D eigenvalue weighted by molar-refractivity contribution is 7.15. The number of rotatable bonds is 7. The molecule has 0 fully saturated rings. The van der Waals surface area contributed by atoms with Crippen molar-refractivity contribution in [3.05, 3.63) is 5.01 Å².